The number of nitriles is 1. The van der Waals surface area contributed by atoms with Crippen LogP contribution in [0.25, 0.3) is 11.1 Å². The van der Waals surface area contributed by atoms with Crippen molar-refractivity contribution in [3.05, 3.63) is 142 Å². The van der Waals surface area contributed by atoms with Gasteiger partial charge in [0.2, 0.25) is 0 Å². The number of amidine groups is 1. The molecule has 0 fully saturated rings. The predicted molar refractivity (Wildman–Crippen MR) is 167 cm³/mol. The lowest BCUT2D eigenvalue weighted by Gasteiger charge is -2.42. The molecule has 4 aromatic rings. The van der Waals surface area contributed by atoms with Gasteiger partial charge in [-0.05, 0) is 71.3 Å². The van der Waals surface area contributed by atoms with Gasteiger partial charge in [-0.25, -0.2) is 4.99 Å². The normalized spacial score (nSPS) is 17.6. The number of nitro benzene ring substituents is 3. The lowest BCUT2D eigenvalue weighted by molar-refractivity contribution is -0.393. The average Bonchev–Trinajstić information content (AvgIpc) is 3.27. The van der Waals surface area contributed by atoms with Crippen molar-refractivity contribution in [3.8, 4) is 17.2 Å². The van der Waals surface area contributed by atoms with E-state index in [0.29, 0.717) is 21.4 Å². The van der Waals surface area contributed by atoms with Crippen molar-refractivity contribution >= 4 is 57.5 Å². The van der Waals surface area contributed by atoms with Crippen LogP contribution >= 0.6 is 23.2 Å². The molecule has 0 radical (unpaired) electrons. The number of nitrogens with zero attached hydrogens (tertiary/aromatic N) is 6. The lowest BCUT2D eigenvalue weighted by atomic mass is 9.67. The first-order chi connectivity index (χ1) is 21.5. The maximum absolute atomic E-state index is 12.3. The molecule has 2 aliphatic rings. The van der Waals surface area contributed by atoms with Crippen LogP contribution < -0.4 is 10.6 Å². The largest absolute Gasteiger partial charge is 0.384 e. The number of nitrogens with two attached hydrogens (primary N) is 1. The Morgan fingerprint density at radius 3 is 2.00 bits per heavy atom. The van der Waals surface area contributed by atoms with Crippen LogP contribution in [0.1, 0.15) is 17.5 Å². The SMILES string of the molecule is N#CC1=C(N)N(c2ccc(Cl)cc2)C(=Nc2ccc(Cl)cc2)CC12c1cc([N+](=O)[O-])ccc1-c1c([N+](=O)[O-])cc([N+](=O)[O-])cc12. The maximum Gasteiger partial charge on any atom is 0.284 e. The summed E-state index contributed by atoms with van der Waals surface area (Å²) >= 11 is 12.2. The first-order valence-electron chi connectivity index (χ1n) is 13.0. The van der Waals surface area contributed by atoms with E-state index in [9.17, 15) is 35.6 Å². The minimum atomic E-state index is -1.74. The van der Waals surface area contributed by atoms with E-state index in [4.69, 9.17) is 33.9 Å². The molecule has 2 N–H and O–H groups in total. The monoisotopic (exact) mass is 641 g/mol. The standard InChI is InChI=1S/C30H17Cl2N7O6/c31-16-1-5-18(6-2-16)35-27-14-30(25(15-33)29(34)36(27)19-7-3-17(32)4-8-19)23-11-20(37(40)41)9-10-22(23)28-24(30)12-21(38(42)43)13-26(28)39(44)45/h1-13H,14,34H2. The van der Waals surface area contributed by atoms with Gasteiger partial charge in [0.15, 0.2) is 0 Å². The summed E-state index contributed by atoms with van der Waals surface area (Å²) in [5, 5.41) is 47.8. The predicted octanol–water partition coefficient (Wildman–Crippen LogP) is 7.32. The molecule has 0 amide bonds. The molecule has 222 valence electrons. The third-order valence-corrected chi connectivity index (χ3v) is 8.30. The zero-order valence-electron chi connectivity index (χ0n) is 22.7. The van der Waals surface area contributed by atoms with Crippen molar-refractivity contribution in [2.45, 2.75) is 11.8 Å². The van der Waals surface area contributed by atoms with Crippen molar-refractivity contribution in [2.24, 2.45) is 10.7 Å². The van der Waals surface area contributed by atoms with E-state index in [1.165, 1.54) is 23.1 Å². The summed E-state index contributed by atoms with van der Waals surface area (Å²) < 4.78 is 0. The molecule has 15 heteroatoms. The molecule has 0 saturated heterocycles. The Morgan fingerprint density at radius 1 is 0.822 bits per heavy atom. The van der Waals surface area contributed by atoms with Gasteiger partial charge in [-0.15, -0.1) is 0 Å². The smallest absolute Gasteiger partial charge is 0.284 e. The fourth-order valence-corrected chi connectivity index (χ4v) is 6.21. The van der Waals surface area contributed by atoms with Gasteiger partial charge in [0.05, 0.1) is 49.1 Å². The van der Waals surface area contributed by atoms with Gasteiger partial charge in [0.1, 0.15) is 11.7 Å². The molecule has 1 aliphatic heterocycles. The van der Waals surface area contributed by atoms with Crippen LogP contribution in [0, 0.1) is 41.7 Å². The molecular formula is C30H17Cl2N7O6. The van der Waals surface area contributed by atoms with Gasteiger partial charge in [0, 0.05) is 40.4 Å². The molecule has 1 aliphatic carbocycles. The molecule has 1 unspecified atom stereocenters. The zero-order chi connectivity index (χ0) is 32.2. The minimum absolute atomic E-state index is 0.0122. The van der Waals surface area contributed by atoms with Crippen LogP contribution in [0.2, 0.25) is 10.0 Å². The fourth-order valence-electron chi connectivity index (χ4n) is 5.96. The van der Waals surface area contributed by atoms with E-state index >= 15 is 0 Å². The summed E-state index contributed by atoms with van der Waals surface area (Å²) in [6.07, 6.45) is -0.221. The Labute approximate surface area is 263 Å². The van der Waals surface area contributed by atoms with Crippen LogP contribution in [0.4, 0.5) is 28.4 Å². The van der Waals surface area contributed by atoms with Crippen LogP contribution in [-0.2, 0) is 5.41 Å². The Morgan fingerprint density at radius 2 is 1.42 bits per heavy atom. The first kappa shape index (κ1) is 29.2. The van der Waals surface area contributed by atoms with Crippen molar-refractivity contribution in [3.63, 3.8) is 0 Å². The van der Waals surface area contributed by atoms with E-state index in [2.05, 4.69) is 6.07 Å². The molecule has 1 heterocycles. The maximum atomic E-state index is 12.3. The third kappa shape index (κ3) is 4.60. The minimum Gasteiger partial charge on any atom is -0.384 e. The number of rotatable bonds is 5. The fraction of sp³-hybridized carbons (Fsp3) is 0.0667. The van der Waals surface area contributed by atoms with Gasteiger partial charge in [-0.1, -0.05) is 23.2 Å². The molecular weight excluding hydrogens is 625 g/mol. The molecule has 4 aromatic carbocycles. The Hall–Kier alpha value is -5.84. The molecule has 1 atom stereocenters. The van der Waals surface area contributed by atoms with Crippen LogP contribution in [0.15, 0.2) is 95.2 Å². The number of hydrogen-bond donors (Lipinski definition) is 1. The molecule has 45 heavy (non-hydrogen) atoms. The van der Waals surface area contributed by atoms with E-state index in [0.717, 1.165) is 12.1 Å². The van der Waals surface area contributed by atoms with Crippen molar-refractivity contribution in [1.29, 1.82) is 5.26 Å². The number of anilines is 1. The topological polar surface area (TPSA) is 195 Å². The molecule has 0 bridgehead atoms. The number of non-ortho nitro benzene ring substituents is 2. The third-order valence-electron chi connectivity index (χ3n) is 7.80. The van der Waals surface area contributed by atoms with E-state index in [-0.39, 0.29) is 51.6 Å². The number of hydrogen-bond acceptors (Lipinski definition) is 9. The first-order valence-corrected chi connectivity index (χ1v) is 13.8. The molecule has 0 aromatic heterocycles. The van der Waals surface area contributed by atoms with Gasteiger partial charge in [0.25, 0.3) is 17.1 Å². The number of fused-ring (bicyclic) bond motifs is 5. The van der Waals surface area contributed by atoms with Gasteiger partial charge >= 0.3 is 0 Å². The molecule has 1 spiro atoms. The number of halogens is 2. The summed E-state index contributed by atoms with van der Waals surface area (Å²) in [4.78, 5) is 40.4. The zero-order valence-corrected chi connectivity index (χ0v) is 24.2. The second kappa shape index (κ2) is 10.7. The molecule has 0 saturated carbocycles. The number of allylic oxidation sites excluding steroid dienone is 1. The summed E-state index contributed by atoms with van der Waals surface area (Å²) in [6.45, 7) is 0. The Kier molecular flexibility index (Phi) is 6.96. The number of nitro groups is 3. The average molecular weight is 642 g/mol. The van der Waals surface area contributed by atoms with Crippen molar-refractivity contribution in [1.82, 2.24) is 0 Å². The van der Waals surface area contributed by atoms with E-state index < -0.39 is 31.6 Å². The van der Waals surface area contributed by atoms with Gasteiger partial charge in [-0.3, -0.25) is 35.2 Å². The summed E-state index contributed by atoms with van der Waals surface area (Å²) in [6, 6.07) is 20.8. The highest BCUT2D eigenvalue weighted by molar-refractivity contribution is 6.31. The van der Waals surface area contributed by atoms with Crippen molar-refractivity contribution in [2.75, 3.05) is 4.90 Å². The molecule has 6 rings (SSSR count). The Bertz CT molecular complexity index is 2070. The highest BCUT2D eigenvalue weighted by Gasteiger charge is 2.55. The lowest BCUT2D eigenvalue weighted by Crippen LogP contribution is -2.48. The highest BCUT2D eigenvalue weighted by atomic mass is 35.5. The quantitative estimate of drug-likeness (QED) is 0.171. The van der Waals surface area contributed by atoms with Gasteiger partial charge in [-0.2, -0.15) is 5.26 Å². The molecule has 13 nitrogen and oxygen atoms in total. The van der Waals surface area contributed by atoms with E-state index in [1.54, 1.807) is 48.5 Å². The summed E-state index contributed by atoms with van der Waals surface area (Å²) in [5.74, 6) is 0.0915. The number of benzene rings is 4. The van der Waals surface area contributed by atoms with Crippen LogP contribution in [0.3, 0.4) is 0 Å². The van der Waals surface area contributed by atoms with Crippen molar-refractivity contribution < 1.29 is 14.8 Å². The highest BCUT2D eigenvalue weighted by Crippen LogP contribution is 2.60. The summed E-state index contributed by atoms with van der Waals surface area (Å²) in [5.41, 5.74) is 4.61. The summed E-state index contributed by atoms with van der Waals surface area (Å²) in [7, 11) is 0. The van der Waals surface area contributed by atoms with E-state index in [1.807, 2.05) is 0 Å². The number of aliphatic imine (C=N–C) groups is 1. The second-order valence-electron chi connectivity index (χ2n) is 10.2. The second-order valence-corrected chi connectivity index (χ2v) is 11.0. The Balaban J connectivity index is 1.77. The van der Waals surface area contributed by atoms with Gasteiger partial charge < -0.3 is 5.73 Å². The van der Waals surface area contributed by atoms with Crippen LogP contribution in [-0.4, -0.2) is 20.6 Å². The van der Waals surface area contributed by atoms with Crippen LogP contribution in [0.5, 0.6) is 0 Å².